The Labute approximate surface area is 110 Å². The number of hydrogen-bond acceptors (Lipinski definition) is 2. The van der Waals surface area contributed by atoms with Crippen LogP contribution in [-0.2, 0) is 0 Å². The average Bonchev–Trinajstić information content (AvgIpc) is 2.37. The van der Waals surface area contributed by atoms with Crippen molar-refractivity contribution in [3.63, 3.8) is 0 Å². The lowest BCUT2D eigenvalue weighted by Gasteiger charge is -2.12. The first-order valence-electron chi connectivity index (χ1n) is 5.71. The Bertz CT molecular complexity index is 635. The molecule has 0 aliphatic carbocycles. The summed E-state index contributed by atoms with van der Waals surface area (Å²) < 4.78 is 19.1. The van der Waals surface area contributed by atoms with Crippen LogP contribution in [0.2, 0.25) is 0 Å². The molecule has 0 aliphatic rings. The minimum absolute atomic E-state index is 0.0139. The Kier molecular flexibility index (Phi) is 3.51. The molecule has 0 radical (unpaired) electrons. The Morgan fingerprint density at radius 3 is 2.53 bits per heavy atom. The lowest BCUT2D eigenvalue weighted by molar-refractivity contribution is 0.0693. The minimum Gasteiger partial charge on any atom is -0.495 e. The number of halogens is 1. The van der Waals surface area contributed by atoms with Crippen LogP contribution in [-0.4, -0.2) is 18.2 Å². The zero-order chi connectivity index (χ0) is 14.0. The van der Waals surface area contributed by atoms with E-state index in [1.807, 2.05) is 0 Å². The zero-order valence-electron chi connectivity index (χ0n) is 10.6. The van der Waals surface area contributed by atoms with E-state index >= 15 is 0 Å². The summed E-state index contributed by atoms with van der Waals surface area (Å²) in [5.74, 6) is -1.34. The van der Waals surface area contributed by atoms with Gasteiger partial charge in [-0.25, -0.2) is 9.18 Å². The van der Waals surface area contributed by atoms with Gasteiger partial charge >= 0.3 is 5.97 Å². The number of ether oxygens (including phenoxy) is 1. The first-order valence-corrected chi connectivity index (χ1v) is 5.71. The standard InChI is InChI=1S/C15H13FO3/c1-9-6-7-10(13(16)8-9)11-4-3-5-12(15(17)18)14(11)19-2/h3-8H,1-2H3,(H,17,18). The summed E-state index contributed by atoms with van der Waals surface area (Å²) >= 11 is 0. The van der Waals surface area contributed by atoms with E-state index in [2.05, 4.69) is 0 Å². The lowest BCUT2D eigenvalue weighted by atomic mass is 9.99. The van der Waals surface area contributed by atoms with Gasteiger partial charge in [-0.3, -0.25) is 0 Å². The van der Waals surface area contributed by atoms with Crippen LogP contribution in [0.1, 0.15) is 15.9 Å². The molecule has 4 heteroatoms. The maximum Gasteiger partial charge on any atom is 0.339 e. The first kappa shape index (κ1) is 13.1. The van der Waals surface area contributed by atoms with Crippen LogP contribution in [0.3, 0.4) is 0 Å². The largest absolute Gasteiger partial charge is 0.495 e. The van der Waals surface area contributed by atoms with Gasteiger partial charge in [0.2, 0.25) is 0 Å². The summed E-state index contributed by atoms with van der Waals surface area (Å²) in [7, 11) is 1.37. The predicted molar refractivity (Wildman–Crippen MR) is 70.1 cm³/mol. The molecule has 0 aromatic heterocycles. The summed E-state index contributed by atoms with van der Waals surface area (Å²) in [4.78, 5) is 11.1. The molecule has 0 atom stereocenters. The molecular formula is C15H13FO3. The zero-order valence-corrected chi connectivity index (χ0v) is 10.6. The van der Waals surface area contributed by atoms with Crippen LogP contribution in [0.15, 0.2) is 36.4 Å². The number of benzene rings is 2. The molecule has 2 aromatic carbocycles. The van der Waals surface area contributed by atoms with E-state index in [1.54, 1.807) is 31.2 Å². The number of para-hydroxylation sites is 1. The molecule has 98 valence electrons. The molecule has 1 N–H and O–H groups in total. The molecule has 2 rings (SSSR count). The van der Waals surface area contributed by atoms with Gasteiger partial charge in [0.1, 0.15) is 17.1 Å². The van der Waals surface area contributed by atoms with Gasteiger partial charge in [0, 0.05) is 11.1 Å². The van der Waals surface area contributed by atoms with E-state index in [1.165, 1.54) is 19.2 Å². The molecule has 0 bridgehead atoms. The van der Waals surface area contributed by atoms with E-state index in [9.17, 15) is 9.18 Å². The number of rotatable bonds is 3. The summed E-state index contributed by atoms with van der Waals surface area (Å²) in [6, 6.07) is 9.43. The van der Waals surface area contributed by atoms with E-state index in [0.717, 1.165) is 5.56 Å². The Hall–Kier alpha value is -2.36. The minimum atomic E-state index is -1.11. The predicted octanol–water partition coefficient (Wildman–Crippen LogP) is 3.51. The number of aryl methyl sites for hydroxylation is 1. The van der Waals surface area contributed by atoms with Gasteiger partial charge in [0.25, 0.3) is 0 Å². The molecule has 2 aromatic rings. The van der Waals surface area contributed by atoms with Gasteiger partial charge in [-0.1, -0.05) is 24.3 Å². The monoisotopic (exact) mass is 260 g/mol. The third-order valence-electron chi connectivity index (χ3n) is 2.86. The van der Waals surface area contributed by atoms with Gasteiger partial charge in [-0.2, -0.15) is 0 Å². The molecule has 0 unspecified atom stereocenters. The molecule has 0 spiro atoms. The number of hydrogen-bond donors (Lipinski definition) is 1. The van der Waals surface area contributed by atoms with Crippen LogP contribution in [0.4, 0.5) is 4.39 Å². The lowest BCUT2D eigenvalue weighted by Crippen LogP contribution is -2.02. The summed E-state index contributed by atoms with van der Waals surface area (Å²) in [6.45, 7) is 1.79. The highest BCUT2D eigenvalue weighted by Gasteiger charge is 2.17. The van der Waals surface area contributed by atoms with Crippen LogP contribution in [0.25, 0.3) is 11.1 Å². The second kappa shape index (κ2) is 5.10. The summed E-state index contributed by atoms with van der Waals surface area (Å²) in [6.07, 6.45) is 0. The van der Waals surface area contributed by atoms with E-state index < -0.39 is 11.8 Å². The molecule has 0 fully saturated rings. The van der Waals surface area contributed by atoms with Gasteiger partial charge in [-0.05, 0) is 24.6 Å². The summed E-state index contributed by atoms with van der Waals surface area (Å²) in [5.41, 5.74) is 1.57. The molecule has 0 heterocycles. The number of methoxy groups -OCH3 is 1. The maximum atomic E-state index is 14.0. The number of carboxylic acids is 1. The highest BCUT2D eigenvalue weighted by Crippen LogP contribution is 2.34. The molecule has 0 aliphatic heterocycles. The molecule has 19 heavy (non-hydrogen) atoms. The quantitative estimate of drug-likeness (QED) is 0.918. The van der Waals surface area contributed by atoms with Crippen molar-refractivity contribution in [2.24, 2.45) is 0 Å². The van der Waals surface area contributed by atoms with Crippen molar-refractivity contribution >= 4 is 5.97 Å². The molecule has 0 saturated heterocycles. The van der Waals surface area contributed by atoms with Crippen molar-refractivity contribution in [2.45, 2.75) is 6.92 Å². The molecule has 0 saturated carbocycles. The smallest absolute Gasteiger partial charge is 0.339 e. The van der Waals surface area contributed by atoms with E-state index in [4.69, 9.17) is 9.84 Å². The molecule has 0 amide bonds. The fourth-order valence-corrected chi connectivity index (χ4v) is 1.98. The number of carbonyl (C=O) groups is 1. The van der Waals surface area contributed by atoms with Crippen molar-refractivity contribution in [3.8, 4) is 16.9 Å². The normalized spacial score (nSPS) is 10.3. The molecular weight excluding hydrogens is 247 g/mol. The van der Waals surface area contributed by atoms with Gasteiger partial charge in [0.15, 0.2) is 0 Å². The van der Waals surface area contributed by atoms with Crippen molar-refractivity contribution < 1.29 is 19.0 Å². The van der Waals surface area contributed by atoms with Crippen LogP contribution < -0.4 is 4.74 Å². The third-order valence-corrected chi connectivity index (χ3v) is 2.86. The fraction of sp³-hybridized carbons (Fsp3) is 0.133. The summed E-state index contributed by atoms with van der Waals surface area (Å²) in [5, 5.41) is 9.11. The average molecular weight is 260 g/mol. The first-order chi connectivity index (χ1) is 9.04. The van der Waals surface area contributed by atoms with E-state index in [-0.39, 0.29) is 11.3 Å². The fourth-order valence-electron chi connectivity index (χ4n) is 1.98. The van der Waals surface area contributed by atoms with Crippen molar-refractivity contribution in [2.75, 3.05) is 7.11 Å². The SMILES string of the molecule is COc1c(C(=O)O)cccc1-c1ccc(C)cc1F. The van der Waals surface area contributed by atoms with Gasteiger partial charge in [-0.15, -0.1) is 0 Å². The number of aromatic carboxylic acids is 1. The maximum absolute atomic E-state index is 14.0. The van der Waals surface area contributed by atoms with Gasteiger partial charge < -0.3 is 9.84 Å². The van der Waals surface area contributed by atoms with E-state index in [0.29, 0.717) is 11.1 Å². The second-order valence-electron chi connectivity index (χ2n) is 4.17. The van der Waals surface area contributed by atoms with Crippen LogP contribution in [0, 0.1) is 12.7 Å². The second-order valence-corrected chi connectivity index (χ2v) is 4.17. The van der Waals surface area contributed by atoms with Crippen molar-refractivity contribution in [1.82, 2.24) is 0 Å². The highest BCUT2D eigenvalue weighted by molar-refractivity contribution is 5.94. The topological polar surface area (TPSA) is 46.5 Å². The Morgan fingerprint density at radius 1 is 1.21 bits per heavy atom. The highest BCUT2D eigenvalue weighted by atomic mass is 19.1. The Balaban J connectivity index is 2.68. The molecule has 3 nitrogen and oxygen atoms in total. The van der Waals surface area contributed by atoms with Crippen molar-refractivity contribution in [3.05, 3.63) is 53.3 Å². The van der Waals surface area contributed by atoms with Crippen LogP contribution in [0.5, 0.6) is 5.75 Å². The Morgan fingerprint density at radius 2 is 1.95 bits per heavy atom. The number of carboxylic acid groups (broad SMARTS) is 1. The van der Waals surface area contributed by atoms with Crippen LogP contribution >= 0.6 is 0 Å². The van der Waals surface area contributed by atoms with Crippen molar-refractivity contribution in [1.29, 1.82) is 0 Å². The third kappa shape index (κ3) is 2.42. The van der Waals surface area contributed by atoms with Gasteiger partial charge in [0.05, 0.1) is 7.11 Å².